The van der Waals surface area contributed by atoms with Gasteiger partial charge >= 0.3 is 7.60 Å². The molecular weight excluding hydrogens is 239 g/mol. The molecule has 16 heavy (non-hydrogen) atoms. The molecule has 0 saturated carbocycles. The van der Waals surface area contributed by atoms with Gasteiger partial charge in [0.1, 0.15) is 6.35 Å². The summed E-state index contributed by atoms with van der Waals surface area (Å²) in [6, 6.07) is 0. The van der Waals surface area contributed by atoms with Crippen LogP contribution in [-0.2, 0) is 23.5 Å². The Hall–Kier alpha value is -0.0100. The van der Waals surface area contributed by atoms with Gasteiger partial charge in [0.05, 0.1) is 39.6 Å². The van der Waals surface area contributed by atoms with Gasteiger partial charge in [-0.1, -0.05) is 0 Å². The van der Waals surface area contributed by atoms with Gasteiger partial charge in [-0.15, -0.1) is 0 Å². The first-order valence-corrected chi connectivity index (χ1v) is 6.63. The van der Waals surface area contributed by atoms with Crippen LogP contribution >= 0.6 is 7.60 Å². The molecule has 0 fully saturated rings. The van der Waals surface area contributed by atoms with Crippen LogP contribution in [-0.4, -0.2) is 62.9 Å². The Morgan fingerprint density at radius 1 is 0.875 bits per heavy atom. The Balaban J connectivity index is 3.02. The molecule has 2 N–H and O–H groups in total. The summed E-state index contributed by atoms with van der Waals surface area (Å²) >= 11 is 0. The van der Waals surface area contributed by atoms with Crippen molar-refractivity contribution in [2.24, 2.45) is 0 Å². The van der Waals surface area contributed by atoms with E-state index in [0.717, 1.165) is 0 Å². The maximum atomic E-state index is 10.4. The lowest BCUT2D eigenvalue weighted by atomic mass is 10.7. The van der Waals surface area contributed by atoms with Gasteiger partial charge in [-0.2, -0.15) is 0 Å². The molecule has 0 radical (unpaired) electrons. The van der Waals surface area contributed by atoms with E-state index in [1.807, 2.05) is 0 Å². The quantitative estimate of drug-likeness (QED) is 0.392. The summed E-state index contributed by atoms with van der Waals surface area (Å²) in [6.45, 7) is 2.39. The third-order valence-corrected chi connectivity index (χ3v) is 1.95. The molecule has 0 bridgehead atoms. The smallest absolute Gasteiger partial charge is 0.350 e. The van der Waals surface area contributed by atoms with E-state index in [-0.39, 0.29) is 13.2 Å². The predicted molar refractivity (Wildman–Crippen MR) is 56.4 cm³/mol. The Morgan fingerprint density at radius 2 is 1.31 bits per heavy atom. The molecule has 0 saturated heterocycles. The highest BCUT2D eigenvalue weighted by Crippen LogP contribution is 2.33. The minimum Gasteiger partial charge on any atom is -0.382 e. The Labute approximate surface area is 94.8 Å². The van der Waals surface area contributed by atoms with Crippen LogP contribution in [0.4, 0.5) is 0 Å². The molecule has 7 nitrogen and oxygen atoms in total. The van der Waals surface area contributed by atoms with Crippen molar-refractivity contribution < 1.29 is 33.3 Å². The molecule has 0 spiro atoms. The van der Waals surface area contributed by atoms with E-state index < -0.39 is 13.9 Å². The van der Waals surface area contributed by atoms with Crippen molar-refractivity contribution in [3.05, 3.63) is 0 Å². The fraction of sp³-hybridized carbons (Fsp3) is 1.00. The predicted octanol–water partition coefficient (Wildman–Crippen LogP) is -0.182. The summed E-state index contributed by atoms with van der Waals surface area (Å²) < 4.78 is 30.0. The number of rotatable bonds is 11. The lowest BCUT2D eigenvalue weighted by Crippen LogP contribution is -2.11. The van der Waals surface area contributed by atoms with Gasteiger partial charge in [0.2, 0.25) is 0 Å². The van der Waals surface area contributed by atoms with Crippen LogP contribution in [0, 0.1) is 0 Å². The second kappa shape index (κ2) is 10.2. The van der Waals surface area contributed by atoms with Crippen molar-refractivity contribution in [1.82, 2.24) is 0 Å². The first-order chi connectivity index (χ1) is 7.56. The molecule has 0 aromatic heterocycles. The summed E-state index contributed by atoms with van der Waals surface area (Å²) in [5.41, 5.74) is 0. The lowest BCUT2D eigenvalue weighted by molar-refractivity contribution is 0.00753. The lowest BCUT2D eigenvalue weighted by Gasteiger charge is -2.07. The molecule has 0 aliphatic carbocycles. The molecule has 0 aromatic rings. The normalized spacial score (nSPS) is 11.9. The molecule has 8 heteroatoms. The monoisotopic (exact) mass is 258 g/mol. The van der Waals surface area contributed by atoms with E-state index in [1.54, 1.807) is 7.11 Å². The molecule has 98 valence electrons. The summed E-state index contributed by atoms with van der Waals surface area (Å²) in [7, 11) is -2.46. The average molecular weight is 258 g/mol. The SMILES string of the molecule is COCCOCCOCCOCP(=O)(O)O. The average Bonchev–Trinajstić information content (AvgIpc) is 2.19. The molecule has 0 unspecified atom stereocenters. The zero-order valence-corrected chi connectivity index (χ0v) is 10.2. The van der Waals surface area contributed by atoms with Crippen molar-refractivity contribution in [2.45, 2.75) is 0 Å². The fourth-order valence-electron chi connectivity index (χ4n) is 0.766. The second-order valence-electron chi connectivity index (χ2n) is 2.92. The molecule has 0 aliphatic rings. The van der Waals surface area contributed by atoms with E-state index in [0.29, 0.717) is 26.4 Å². The molecule has 0 aromatic carbocycles. The third-order valence-electron chi connectivity index (χ3n) is 1.44. The van der Waals surface area contributed by atoms with Crippen molar-refractivity contribution >= 4 is 7.60 Å². The first-order valence-electron chi connectivity index (χ1n) is 4.83. The molecule has 0 atom stereocenters. The topological polar surface area (TPSA) is 94.5 Å². The summed E-state index contributed by atoms with van der Waals surface area (Å²) in [5, 5.41) is 0. The van der Waals surface area contributed by atoms with Gasteiger partial charge in [-0.3, -0.25) is 4.57 Å². The minimum atomic E-state index is -4.06. The Bertz CT molecular complexity index is 193. The highest BCUT2D eigenvalue weighted by molar-refractivity contribution is 7.51. The fourth-order valence-corrected chi connectivity index (χ4v) is 1.13. The van der Waals surface area contributed by atoms with E-state index in [9.17, 15) is 4.57 Å². The van der Waals surface area contributed by atoms with Crippen LogP contribution in [0.3, 0.4) is 0 Å². The largest absolute Gasteiger partial charge is 0.382 e. The molecule has 0 heterocycles. The van der Waals surface area contributed by atoms with Gasteiger partial charge in [-0.05, 0) is 0 Å². The second-order valence-corrected chi connectivity index (χ2v) is 4.51. The van der Waals surface area contributed by atoms with Gasteiger partial charge in [-0.25, -0.2) is 0 Å². The van der Waals surface area contributed by atoms with Crippen LogP contribution in [0.25, 0.3) is 0 Å². The maximum Gasteiger partial charge on any atom is 0.350 e. The molecule has 0 amide bonds. The molecule has 0 aliphatic heterocycles. The van der Waals surface area contributed by atoms with E-state index in [4.69, 9.17) is 28.7 Å². The zero-order chi connectivity index (χ0) is 12.3. The van der Waals surface area contributed by atoms with Crippen LogP contribution in [0.15, 0.2) is 0 Å². The van der Waals surface area contributed by atoms with Crippen LogP contribution in [0.1, 0.15) is 0 Å². The Morgan fingerprint density at radius 3 is 1.75 bits per heavy atom. The molecular formula is C8H19O7P. The van der Waals surface area contributed by atoms with Crippen molar-refractivity contribution in [1.29, 1.82) is 0 Å². The van der Waals surface area contributed by atoms with E-state index >= 15 is 0 Å². The van der Waals surface area contributed by atoms with Gasteiger partial charge in [0.15, 0.2) is 0 Å². The van der Waals surface area contributed by atoms with Crippen molar-refractivity contribution in [3.8, 4) is 0 Å². The number of hydrogen-bond donors (Lipinski definition) is 2. The highest BCUT2D eigenvalue weighted by Gasteiger charge is 2.11. The maximum absolute atomic E-state index is 10.4. The van der Waals surface area contributed by atoms with Crippen LogP contribution < -0.4 is 0 Å². The summed E-state index contributed by atoms with van der Waals surface area (Å²) in [4.78, 5) is 16.9. The minimum absolute atomic E-state index is 0.156. The van der Waals surface area contributed by atoms with Gasteiger partial charge in [0, 0.05) is 7.11 Å². The van der Waals surface area contributed by atoms with E-state index in [1.165, 1.54) is 0 Å². The Kier molecular flexibility index (Phi) is 10.2. The van der Waals surface area contributed by atoms with Crippen molar-refractivity contribution in [2.75, 3.05) is 53.1 Å². The van der Waals surface area contributed by atoms with Gasteiger partial charge < -0.3 is 28.7 Å². The third kappa shape index (κ3) is 14.0. The zero-order valence-electron chi connectivity index (χ0n) is 9.33. The number of hydrogen-bond acceptors (Lipinski definition) is 5. The highest BCUT2D eigenvalue weighted by atomic mass is 31.2. The standard InChI is InChI=1S/C8H19O7P/c1-12-2-3-13-4-5-14-6-7-15-8-16(9,10)11/h2-8H2,1H3,(H2,9,10,11). The van der Waals surface area contributed by atoms with Crippen molar-refractivity contribution in [3.63, 3.8) is 0 Å². The van der Waals surface area contributed by atoms with Crippen LogP contribution in [0.2, 0.25) is 0 Å². The molecule has 0 rings (SSSR count). The first kappa shape index (κ1) is 16.0. The van der Waals surface area contributed by atoms with Gasteiger partial charge in [0.25, 0.3) is 0 Å². The number of methoxy groups -OCH3 is 1. The summed E-state index contributed by atoms with van der Waals surface area (Å²) in [6.07, 6.45) is -0.569. The number of ether oxygens (including phenoxy) is 4. The van der Waals surface area contributed by atoms with E-state index in [2.05, 4.69) is 0 Å². The van der Waals surface area contributed by atoms with Crippen LogP contribution in [0.5, 0.6) is 0 Å². The summed E-state index contributed by atoms with van der Waals surface area (Å²) in [5.74, 6) is 0.